The van der Waals surface area contributed by atoms with E-state index < -0.39 is 5.60 Å². The molecule has 2 heterocycles. The molecule has 0 radical (unpaired) electrons. The van der Waals surface area contributed by atoms with Gasteiger partial charge in [0.05, 0.1) is 18.2 Å². The topological polar surface area (TPSA) is 61.8 Å². The maximum absolute atomic E-state index is 13.2. The second-order valence-corrected chi connectivity index (χ2v) is 8.82. The average Bonchev–Trinajstić information content (AvgIpc) is 2.74. The van der Waals surface area contributed by atoms with Crippen LogP contribution in [0.1, 0.15) is 62.1 Å². The first-order valence-electron chi connectivity index (χ1n) is 11.0. The van der Waals surface area contributed by atoms with Gasteiger partial charge in [0.1, 0.15) is 0 Å². The molecule has 154 valence electrons. The van der Waals surface area contributed by atoms with E-state index in [2.05, 4.69) is 34.5 Å². The molecule has 1 saturated heterocycles. The molecule has 4 rings (SSSR count). The first-order valence-corrected chi connectivity index (χ1v) is 11.0. The molecular formula is C23H34N2O3. The number of benzene rings is 1. The number of carbonyl (C=O) groups excluding carboxylic acids is 1. The predicted octanol–water partition coefficient (Wildman–Crippen LogP) is 2.82. The zero-order valence-electron chi connectivity index (χ0n) is 16.9. The molecule has 2 aliphatic heterocycles. The minimum atomic E-state index is -0.740. The summed E-state index contributed by atoms with van der Waals surface area (Å²) in [5, 5.41) is 13.9. The summed E-state index contributed by atoms with van der Waals surface area (Å²) < 4.78 is 5.34. The highest BCUT2D eigenvalue weighted by atomic mass is 16.5. The van der Waals surface area contributed by atoms with Crippen molar-refractivity contribution < 1.29 is 14.6 Å². The van der Waals surface area contributed by atoms with Crippen LogP contribution in [-0.2, 0) is 16.0 Å². The lowest BCUT2D eigenvalue weighted by atomic mass is 9.77. The first kappa shape index (κ1) is 19.9. The third-order valence-electron chi connectivity index (χ3n) is 6.90. The monoisotopic (exact) mass is 386 g/mol. The molecule has 0 unspecified atom stereocenters. The van der Waals surface area contributed by atoms with Gasteiger partial charge < -0.3 is 20.1 Å². The van der Waals surface area contributed by atoms with Gasteiger partial charge in [-0.1, -0.05) is 43.5 Å². The van der Waals surface area contributed by atoms with Crippen LogP contribution in [0.15, 0.2) is 24.3 Å². The van der Waals surface area contributed by atoms with Crippen LogP contribution in [0.5, 0.6) is 0 Å². The van der Waals surface area contributed by atoms with Gasteiger partial charge in [-0.2, -0.15) is 0 Å². The van der Waals surface area contributed by atoms with E-state index in [1.165, 1.54) is 43.2 Å². The van der Waals surface area contributed by atoms with Gasteiger partial charge in [-0.3, -0.25) is 4.79 Å². The first-order chi connectivity index (χ1) is 13.7. The summed E-state index contributed by atoms with van der Waals surface area (Å²) in [5.74, 6) is 0.736. The molecule has 0 bridgehead atoms. The van der Waals surface area contributed by atoms with Crippen LogP contribution in [0.2, 0.25) is 0 Å². The Morgan fingerprint density at radius 3 is 2.71 bits per heavy atom. The zero-order valence-corrected chi connectivity index (χ0v) is 16.9. The van der Waals surface area contributed by atoms with E-state index in [1.54, 1.807) is 0 Å². The van der Waals surface area contributed by atoms with Crippen LogP contribution < -0.4 is 5.32 Å². The van der Waals surface area contributed by atoms with Crippen LogP contribution in [0.25, 0.3) is 0 Å². The Kier molecular flexibility index (Phi) is 6.34. The standard InChI is InChI=1S/C23H34N2O3/c26-21(16-24-17-23(27)11-14-28-15-12-23)25-13-10-18-6-4-5-9-20(18)22(25)19-7-2-1-3-8-19/h4-6,9,19,22,24,27H,1-3,7-8,10-17H2/t22-/m0/s1. The number of hydrogen-bond acceptors (Lipinski definition) is 4. The van der Waals surface area contributed by atoms with Gasteiger partial charge in [0, 0.05) is 39.1 Å². The minimum Gasteiger partial charge on any atom is -0.388 e. The second-order valence-electron chi connectivity index (χ2n) is 8.82. The average molecular weight is 387 g/mol. The van der Waals surface area contributed by atoms with Crippen LogP contribution in [-0.4, -0.2) is 54.4 Å². The fraction of sp³-hybridized carbons (Fsp3) is 0.696. The maximum Gasteiger partial charge on any atom is 0.237 e. The van der Waals surface area contributed by atoms with E-state index >= 15 is 0 Å². The second kappa shape index (κ2) is 8.93. The Labute approximate surface area is 168 Å². The number of amides is 1. The molecule has 0 spiro atoms. The van der Waals surface area contributed by atoms with Crippen LogP contribution in [0, 0.1) is 5.92 Å². The van der Waals surface area contributed by atoms with E-state index in [1.807, 2.05) is 0 Å². The molecule has 3 aliphatic rings. The van der Waals surface area contributed by atoms with E-state index in [9.17, 15) is 9.90 Å². The molecule has 2 N–H and O–H groups in total. The van der Waals surface area contributed by atoms with Crippen molar-refractivity contribution in [3.8, 4) is 0 Å². The van der Waals surface area contributed by atoms with Gasteiger partial charge in [-0.05, 0) is 36.3 Å². The molecule has 1 amide bonds. The fourth-order valence-electron chi connectivity index (χ4n) is 5.27. The SMILES string of the molecule is O=C(CNCC1(O)CCOCC1)N1CCc2ccccc2[C@@H]1C1CCCCC1. The van der Waals surface area contributed by atoms with Crippen molar-refractivity contribution in [3.63, 3.8) is 0 Å². The predicted molar refractivity (Wildman–Crippen MR) is 109 cm³/mol. The maximum atomic E-state index is 13.2. The number of fused-ring (bicyclic) bond motifs is 1. The largest absolute Gasteiger partial charge is 0.388 e. The summed E-state index contributed by atoms with van der Waals surface area (Å²) >= 11 is 0. The molecule has 5 nitrogen and oxygen atoms in total. The Bertz CT molecular complexity index is 666. The molecule has 1 aromatic carbocycles. The van der Waals surface area contributed by atoms with E-state index in [0.717, 1.165) is 13.0 Å². The van der Waals surface area contributed by atoms with E-state index in [-0.39, 0.29) is 11.9 Å². The highest BCUT2D eigenvalue weighted by molar-refractivity contribution is 5.79. The highest BCUT2D eigenvalue weighted by Crippen LogP contribution is 2.41. The molecule has 1 aromatic rings. The number of nitrogens with zero attached hydrogens (tertiary/aromatic N) is 1. The highest BCUT2D eigenvalue weighted by Gasteiger charge is 2.37. The summed E-state index contributed by atoms with van der Waals surface area (Å²) in [6.07, 6.45) is 8.52. The van der Waals surface area contributed by atoms with Crippen molar-refractivity contribution in [1.82, 2.24) is 10.2 Å². The Morgan fingerprint density at radius 2 is 1.93 bits per heavy atom. The number of carbonyl (C=O) groups is 1. The molecule has 1 atom stereocenters. The number of hydrogen-bond donors (Lipinski definition) is 2. The lowest BCUT2D eigenvalue weighted by molar-refractivity contribution is -0.135. The lowest BCUT2D eigenvalue weighted by Gasteiger charge is -2.43. The molecule has 1 saturated carbocycles. The summed E-state index contributed by atoms with van der Waals surface area (Å²) in [5.41, 5.74) is 2.03. The summed E-state index contributed by atoms with van der Waals surface area (Å²) in [7, 11) is 0. The summed E-state index contributed by atoms with van der Waals surface area (Å²) in [6.45, 7) is 2.75. The van der Waals surface area contributed by atoms with Crippen molar-refractivity contribution in [2.24, 2.45) is 5.92 Å². The molecule has 2 fully saturated rings. The van der Waals surface area contributed by atoms with Gasteiger partial charge in [0.15, 0.2) is 0 Å². The number of rotatable bonds is 5. The molecular weight excluding hydrogens is 352 g/mol. The number of aliphatic hydroxyl groups is 1. The van der Waals surface area contributed by atoms with Crippen LogP contribution in [0.3, 0.4) is 0 Å². The quantitative estimate of drug-likeness (QED) is 0.817. The third kappa shape index (κ3) is 4.42. The number of nitrogens with one attached hydrogen (secondary N) is 1. The molecule has 28 heavy (non-hydrogen) atoms. The zero-order chi connectivity index (χ0) is 19.4. The van der Waals surface area contributed by atoms with Gasteiger partial charge in [0.25, 0.3) is 0 Å². The Morgan fingerprint density at radius 1 is 1.18 bits per heavy atom. The van der Waals surface area contributed by atoms with Gasteiger partial charge >= 0.3 is 0 Å². The lowest BCUT2D eigenvalue weighted by Crippen LogP contribution is -2.50. The van der Waals surface area contributed by atoms with Crippen molar-refractivity contribution >= 4 is 5.91 Å². The van der Waals surface area contributed by atoms with Gasteiger partial charge in [0.2, 0.25) is 5.91 Å². The molecule has 1 aliphatic carbocycles. The Balaban J connectivity index is 1.43. The Hall–Kier alpha value is -1.43. The molecule has 5 heteroatoms. The van der Waals surface area contributed by atoms with Gasteiger partial charge in [-0.25, -0.2) is 0 Å². The summed E-state index contributed by atoms with van der Waals surface area (Å²) in [4.78, 5) is 15.3. The van der Waals surface area contributed by atoms with Crippen molar-refractivity contribution in [2.75, 3.05) is 32.8 Å². The van der Waals surface area contributed by atoms with Crippen molar-refractivity contribution in [3.05, 3.63) is 35.4 Å². The smallest absolute Gasteiger partial charge is 0.237 e. The van der Waals surface area contributed by atoms with Crippen molar-refractivity contribution in [2.45, 2.75) is 63.0 Å². The third-order valence-corrected chi connectivity index (χ3v) is 6.90. The minimum absolute atomic E-state index is 0.167. The van der Waals surface area contributed by atoms with E-state index in [0.29, 0.717) is 45.1 Å². The normalized spacial score (nSPS) is 25.3. The summed E-state index contributed by atoms with van der Waals surface area (Å²) in [6, 6.07) is 8.90. The van der Waals surface area contributed by atoms with Crippen molar-refractivity contribution in [1.29, 1.82) is 0 Å². The number of ether oxygens (including phenoxy) is 1. The van der Waals surface area contributed by atoms with Crippen LogP contribution >= 0.6 is 0 Å². The molecule has 0 aromatic heterocycles. The van der Waals surface area contributed by atoms with Crippen LogP contribution in [0.4, 0.5) is 0 Å². The van der Waals surface area contributed by atoms with Gasteiger partial charge in [-0.15, -0.1) is 0 Å². The van der Waals surface area contributed by atoms with E-state index in [4.69, 9.17) is 4.74 Å². The fourth-order valence-corrected chi connectivity index (χ4v) is 5.27.